The van der Waals surface area contributed by atoms with Gasteiger partial charge in [-0.2, -0.15) is 0 Å². The van der Waals surface area contributed by atoms with Crippen molar-refractivity contribution in [2.75, 3.05) is 19.5 Å². The van der Waals surface area contributed by atoms with Crippen LogP contribution in [0, 0.1) is 6.92 Å². The molecule has 0 spiro atoms. The van der Waals surface area contributed by atoms with Gasteiger partial charge in [-0.25, -0.2) is 4.98 Å². The molecule has 32 heavy (non-hydrogen) atoms. The maximum Gasteiger partial charge on any atom is 0.264 e. The SMILES string of the molecule is COc1cccc(OC)c1C(=O)NC(=S)Nc1cccc(-c2nc3ccc(C)cc3o2)c1. The summed E-state index contributed by atoms with van der Waals surface area (Å²) < 4.78 is 16.5. The number of ether oxygens (including phenoxy) is 2. The highest BCUT2D eigenvalue weighted by Crippen LogP contribution is 2.29. The van der Waals surface area contributed by atoms with Gasteiger partial charge in [0.15, 0.2) is 10.7 Å². The summed E-state index contributed by atoms with van der Waals surface area (Å²) in [6.45, 7) is 2.00. The van der Waals surface area contributed by atoms with Crippen LogP contribution >= 0.6 is 12.2 Å². The van der Waals surface area contributed by atoms with E-state index in [1.54, 1.807) is 18.2 Å². The van der Waals surface area contributed by atoms with Gasteiger partial charge in [-0.1, -0.05) is 18.2 Å². The summed E-state index contributed by atoms with van der Waals surface area (Å²) in [7, 11) is 2.97. The number of anilines is 1. The van der Waals surface area contributed by atoms with Gasteiger partial charge in [-0.05, 0) is 67.2 Å². The minimum absolute atomic E-state index is 0.133. The predicted octanol–water partition coefficient (Wildman–Crippen LogP) is 4.95. The molecule has 0 bridgehead atoms. The molecule has 0 aliphatic heterocycles. The number of fused-ring (bicyclic) bond motifs is 1. The number of nitrogens with one attached hydrogen (secondary N) is 2. The number of rotatable bonds is 5. The van der Waals surface area contributed by atoms with Crippen LogP contribution in [0.15, 0.2) is 65.1 Å². The maximum absolute atomic E-state index is 12.8. The second kappa shape index (κ2) is 9.07. The monoisotopic (exact) mass is 447 g/mol. The van der Waals surface area contributed by atoms with Crippen molar-refractivity contribution in [2.45, 2.75) is 6.92 Å². The van der Waals surface area contributed by atoms with Crippen molar-refractivity contribution in [2.24, 2.45) is 0 Å². The topological polar surface area (TPSA) is 85.6 Å². The molecular weight excluding hydrogens is 426 g/mol. The van der Waals surface area contributed by atoms with Crippen molar-refractivity contribution in [1.29, 1.82) is 0 Å². The van der Waals surface area contributed by atoms with Crippen LogP contribution in [0.3, 0.4) is 0 Å². The maximum atomic E-state index is 12.8. The standard InChI is InChI=1S/C24H21N3O4S/c1-14-10-11-17-20(12-14)31-23(26-17)15-6-4-7-16(13-15)25-24(32)27-22(28)21-18(29-2)8-5-9-19(21)30-3/h4-13H,1-3H3,(H2,25,27,28,32). The molecule has 3 aromatic carbocycles. The molecule has 1 heterocycles. The summed E-state index contributed by atoms with van der Waals surface area (Å²) in [5, 5.41) is 5.82. The van der Waals surface area contributed by atoms with E-state index in [4.69, 9.17) is 26.1 Å². The molecule has 0 unspecified atom stereocenters. The number of methoxy groups -OCH3 is 2. The van der Waals surface area contributed by atoms with Crippen LogP contribution in [0.5, 0.6) is 11.5 Å². The molecule has 8 heteroatoms. The lowest BCUT2D eigenvalue weighted by atomic mass is 10.1. The highest BCUT2D eigenvalue weighted by Gasteiger charge is 2.19. The number of hydrogen-bond donors (Lipinski definition) is 2. The molecule has 0 aliphatic rings. The fourth-order valence-electron chi connectivity index (χ4n) is 3.29. The summed E-state index contributed by atoms with van der Waals surface area (Å²) in [5.41, 5.74) is 4.34. The van der Waals surface area contributed by atoms with Crippen molar-refractivity contribution in [3.63, 3.8) is 0 Å². The number of benzene rings is 3. The molecule has 1 amide bonds. The van der Waals surface area contributed by atoms with Gasteiger partial charge in [0.2, 0.25) is 5.89 Å². The van der Waals surface area contributed by atoms with E-state index < -0.39 is 5.91 Å². The van der Waals surface area contributed by atoms with Gasteiger partial charge < -0.3 is 19.2 Å². The third-order valence-electron chi connectivity index (χ3n) is 4.79. The second-order valence-electron chi connectivity index (χ2n) is 7.02. The Morgan fingerprint density at radius 1 is 1.00 bits per heavy atom. The lowest BCUT2D eigenvalue weighted by Crippen LogP contribution is -2.34. The normalized spacial score (nSPS) is 10.6. The lowest BCUT2D eigenvalue weighted by molar-refractivity contribution is 0.0971. The number of amides is 1. The van der Waals surface area contributed by atoms with Gasteiger partial charge in [0.25, 0.3) is 5.91 Å². The van der Waals surface area contributed by atoms with E-state index in [0.717, 1.165) is 22.2 Å². The number of hydrogen-bond acceptors (Lipinski definition) is 6. The smallest absolute Gasteiger partial charge is 0.264 e. The number of carbonyl (C=O) groups is 1. The van der Waals surface area contributed by atoms with Crippen molar-refractivity contribution < 1.29 is 18.7 Å². The molecule has 0 atom stereocenters. The first kappa shape index (κ1) is 21.3. The Kier molecular flexibility index (Phi) is 6.04. The van der Waals surface area contributed by atoms with E-state index in [0.29, 0.717) is 23.1 Å². The first-order valence-electron chi connectivity index (χ1n) is 9.79. The highest BCUT2D eigenvalue weighted by atomic mass is 32.1. The van der Waals surface area contributed by atoms with Gasteiger partial charge in [-0.15, -0.1) is 0 Å². The highest BCUT2D eigenvalue weighted by molar-refractivity contribution is 7.80. The third-order valence-corrected chi connectivity index (χ3v) is 5.00. The van der Waals surface area contributed by atoms with Crippen LogP contribution in [0.1, 0.15) is 15.9 Å². The Morgan fingerprint density at radius 3 is 2.44 bits per heavy atom. The largest absolute Gasteiger partial charge is 0.496 e. The molecule has 7 nitrogen and oxygen atoms in total. The zero-order valence-corrected chi connectivity index (χ0v) is 18.6. The van der Waals surface area contributed by atoms with E-state index >= 15 is 0 Å². The van der Waals surface area contributed by atoms with Gasteiger partial charge in [-0.3, -0.25) is 10.1 Å². The van der Waals surface area contributed by atoms with E-state index in [9.17, 15) is 4.79 Å². The van der Waals surface area contributed by atoms with Crippen molar-refractivity contribution in [3.05, 3.63) is 71.8 Å². The number of aromatic nitrogens is 1. The molecule has 162 valence electrons. The average Bonchev–Trinajstić information content (AvgIpc) is 3.21. The average molecular weight is 448 g/mol. The van der Waals surface area contributed by atoms with E-state index in [2.05, 4.69) is 15.6 Å². The van der Waals surface area contributed by atoms with Crippen LogP contribution in [-0.4, -0.2) is 30.2 Å². The number of aryl methyl sites for hydroxylation is 1. The van der Waals surface area contributed by atoms with Gasteiger partial charge in [0.05, 0.1) is 14.2 Å². The fraction of sp³-hybridized carbons (Fsp3) is 0.125. The first-order chi connectivity index (χ1) is 15.5. The van der Waals surface area contributed by atoms with Crippen LogP contribution in [0.25, 0.3) is 22.6 Å². The van der Waals surface area contributed by atoms with Crippen LogP contribution in [0.2, 0.25) is 0 Å². The summed E-state index contributed by atoms with van der Waals surface area (Å²) in [6, 6.07) is 18.4. The molecule has 1 aromatic heterocycles. The van der Waals surface area contributed by atoms with E-state index in [1.807, 2.05) is 49.4 Å². The van der Waals surface area contributed by atoms with Crippen LogP contribution < -0.4 is 20.1 Å². The Morgan fingerprint density at radius 2 is 1.72 bits per heavy atom. The first-order valence-corrected chi connectivity index (χ1v) is 10.2. The van der Waals surface area contributed by atoms with E-state index in [-0.39, 0.29) is 10.7 Å². The van der Waals surface area contributed by atoms with Crippen molar-refractivity contribution in [3.8, 4) is 23.0 Å². The predicted molar refractivity (Wildman–Crippen MR) is 127 cm³/mol. The number of oxazole rings is 1. The van der Waals surface area contributed by atoms with Crippen LogP contribution in [-0.2, 0) is 0 Å². The summed E-state index contributed by atoms with van der Waals surface area (Å²) >= 11 is 5.33. The molecule has 0 fully saturated rings. The molecule has 0 radical (unpaired) electrons. The lowest BCUT2D eigenvalue weighted by Gasteiger charge is -2.14. The zero-order chi connectivity index (χ0) is 22.7. The molecule has 4 rings (SSSR count). The molecular formula is C24H21N3O4S. The van der Waals surface area contributed by atoms with Gasteiger partial charge in [0.1, 0.15) is 22.6 Å². The summed E-state index contributed by atoms with van der Waals surface area (Å²) in [5.74, 6) is 0.834. The molecule has 2 N–H and O–H groups in total. The van der Waals surface area contributed by atoms with Crippen LogP contribution in [0.4, 0.5) is 5.69 Å². The Labute approximate surface area is 190 Å². The minimum Gasteiger partial charge on any atom is -0.496 e. The molecule has 0 aliphatic carbocycles. The quantitative estimate of drug-likeness (QED) is 0.419. The summed E-state index contributed by atoms with van der Waals surface area (Å²) in [6.07, 6.45) is 0. The van der Waals surface area contributed by atoms with Crippen molar-refractivity contribution in [1.82, 2.24) is 10.3 Å². The van der Waals surface area contributed by atoms with Gasteiger partial charge >= 0.3 is 0 Å². The van der Waals surface area contributed by atoms with Gasteiger partial charge in [0, 0.05) is 11.3 Å². The number of carbonyl (C=O) groups excluding carboxylic acids is 1. The van der Waals surface area contributed by atoms with E-state index in [1.165, 1.54) is 14.2 Å². The number of nitrogens with zero attached hydrogens (tertiary/aromatic N) is 1. The molecule has 0 saturated carbocycles. The molecule has 0 saturated heterocycles. The summed E-state index contributed by atoms with van der Waals surface area (Å²) in [4.78, 5) is 17.3. The Bertz CT molecular complexity index is 1290. The zero-order valence-electron chi connectivity index (χ0n) is 17.8. The Balaban J connectivity index is 1.51. The van der Waals surface area contributed by atoms with Crippen molar-refractivity contribution >= 4 is 40.0 Å². The minimum atomic E-state index is -0.442. The second-order valence-corrected chi connectivity index (χ2v) is 7.43. The Hall–Kier alpha value is -3.91. The molecule has 4 aromatic rings. The fourth-order valence-corrected chi connectivity index (χ4v) is 3.50. The number of thiocarbonyl (C=S) groups is 1. The third kappa shape index (κ3) is 4.40.